The normalized spacial score (nSPS) is 14.4. The van der Waals surface area contributed by atoms with Gasteiger partial charge in [0.25, 0.3) is 0 Å². The van der Waals surface area contributed by atoms with E-state index in [4.69, 9.17) is 9.47 Å². The lowest BCUT2D eigenvalue weighted by molar-refractivity contribution is -0.164. The van der Waals surface area contributed by atoms with Crippen molar-refractivity contribution in [3.05, 3.63) is 11.6 Å². The molecule has 3 heteroatoms. The van der Waals surface area contributed by atoms with Crippen LogP contribution in [0.1, 0.15) is 20.8 Å². The smallest absolute Gasteiger partial charge is 0.335 e. The molecule has 0 saturated carbocycles. The fraction of sp³-hybridized carbons (Fsp3) is 0.625. The van der Waals surface area contributed by atoms with Crippen LogP contribution in [0.3, 0.4) is 0 Å². The summed E-state index contributed by atoms with van der Waals surface area (Å²) in [6, 6.07) is 0. The second-order valence-corrected chi connectivity index (χ2v) is 2.18. The molecule has 0 aliphatic rings. The lowest BCUT2D eigenvalue weighted by Crippen LogP contribution is -2.16. The van der Waals surface area contributed by atoms with Crippen LogP contribution in [0.15, 0.2) is 11.6 Å². The molecule has 0 aromatic heterocycles. The van der Waals surface area contributed by atoms with Crippen LogP contribution in [-0.4, -0.2) is 19.4 Å². The van der Waals surface area contributed by atoms with Crippen molar-refractivity contribution in [2.24, 2.45) is 0 Å². The van der Waals surface area contributed by atoms with E-state index >= 15 is 0 Å². The lowest BCUT2D eigenvalue weighted by atomic mass is 10.3. The molecule has 0 aromatic carbocycles. The summed E-state index contributed by atoms with van der Waals surface area (Å²) < 4.78 is 9.57. The van der Waals surface area contributed by atoms with Gasteiger partial charge in [0.2, 0.25) is 0 Å². The van der Waals surface area contributed by atoms with Gasteiger partial charge in [0, 0.05) is 12.7 Å². The number of carbonyl (C=O) groups excluding carboxylic acids is 1. The second kappa shape index (κ2) is 4.91. The van der Waals surface area contributed by atoms with Crippen molar-refractivity contribution < 1.29 is 14.3 Å². The summed E-state index contributed by atoms with van der Waals surface area (Å²) in [5.41, 5.74) is 0.592. The first-order valence-electron chi connectivity index (χ1n) is 3.48. The van der Waals surface area contributed by atoms with Gasteiger partial charge in [0.05, 0.1) is 0 Å². The van der Waals surface area contributed by atoms with Crippen molar-refractivity contribution in [3.8, 4) is 0 Å². The summed E-state index contributed by atoms with van der Waals surface area (Å²) in [5, 5.41) is 0. The highest BCUT2D eigenvalue weighted by Gasteiger charge is 2.08. The van der Waals surface area contributed by atoms with Crippen LogP contribution in [-0.2, 0) is 14.3 Å². The van der Waals surface area contributed by atoms with Gasteiger partial charge in [0.15, 0.2) is 6.29 Å². The van der Waals surface area contributed by atoms with Crippen LogP contribution >= 0.6 is 0 Å². The topological polar surface area (TPSA) is 35.5 Å². The zero-order valence-electron chi connectivity index (χ0n) is 7.38. The van der Waals surface area contributed by atoms with Gasteiger partial charge in [-0.2, -0.15) is 0 Å². The van der Waals surface area contributed by atoms with Crippen molar-refractivity contribution in [2.75, 3.05) is 7.11 Å². The fourth-order valence-corrected chi connectivity index (χ4v) is 0.410. The molecule has 0 rings (SSSR count). The second-order valence-electron chi connectivity index (χ2n) is 2.18. The Hall–Kier alpha value is -0.830. The van der Waals surface area contributed by atoms with Gasteiger partial charge in [-0.3, -0.25) is 0 Å². The monoisotopic (exact) mass is 158 g/mol. The summed E-state index contributed by atoms with van der Waals surface area (Å²) in [6.45, 7) is 5.15. The quantitative estimate of drug-likeness (QED) is 0.354. The summed E-state index contributed by atoms with van der Waals surface area (Å²) in [4.78, 5) is 11.0. The Morgan fingerprint density at radius 2 is 2.09 bits per heavy atom. The Balaban J connectivity index is 3.88. The molecular formula is C8H14O3. The molecule has 0 aliphatic heterocycles. The molecule has 0 heterocycles. The van der Waals surface area contributed by atoms with Crippen molar-refractivity contribution in [1.29, 1.82) is 0 Å². The third kappa shape index (κ3) is 3.78. The van der Waals surface area contributed by atoms with Gasteiger partial charge in [-0.05, 0) is 20.8 Å². The molecule has 1 unspecified atom stereocenters. The van der Waals surface area contributed by atoms with Crippen LogP contribution in [0.5, 0.6) is 0 Å². The Labute approximate surface area is 67.0 Å². The van der Waals surface area contributed by atoms with Crippen LogP contribution in [0.25, 0.3) is 0 Å². The van der Waals surface area contributed by atoms with E-state index in [9.17, 15) is 4.79 Å². The maximum Gasteiger partial charge on any atom is 0.335 e. The Kier molecular flexibility index (Phi) is 4.54. The van der Waals surface area contributed by atoms with Crippen LogP contribution in [0.2, 0.25) is 0 Å². The fourth-order valence-electron chi connectivity index (χ4n) is 0.410. The molecule has 1 atom stereocenters. The molecule has 0 saturated heterocycles. The number of carbonyl (C=O) groups is 1. The molecule has 0 spiro atoms. The highest BCUT2D eigenvalue weighted by atomic mass is 16.7. The number of hydrogen-bond donors (Lipinski definition) is 0. The number of allylic oxidation sites excluding steroid dienone is 1. The highest BCUT2D eigenvalue weighted by Crippen LogP contribution is 1.99. The van der Waals surface area contributed by atoms with E-state index in [2.05, 4.69) is 0 Å². The van der Waals surface area contributed by atoms with Gasteiger partial charge in [-0.25, -0.2) is 4.79 Å². The molecule has 0 bridgehead atoms. The minimum absolute atomic E-state index is 0.332. The first kappa shape index (κ1) is 10.2. The first-order chi connectivity index (χ1) is 5.11. The number of ether oxygens (including phenoxy) is 2. The zero-order chi connectivity index (χ0) is 8.85. The predicted octanol–water partition coefficient (Wildman–Crippen LogP) is 1.49. The number of esters is 1. The van der Waals surface area contributed by atoms with Gasteiger partial charge in [-0.1, -0.05) is 6.08 Å². The highest BCUT2D eigenvalue weighted by molar-refractivity contribution is 5.87. The SMILES string of the molecule is CC=C(C)C(=O)OC(C)OC. The van der Waals surface area contributed by atoms with E-state index in [1.807, 2.05) is 0 Å². The number of rotatable bonds is 3. The largest absolute Gasteiger partial charge is 0.433 e. The molecule has 11 heavy (non-hydrogen) atoms. The minimum Gasteiger partial charge on any atom is -0.433 e. The first-order valence-corrected chi connectivity index (χ1v) is 3.48. The van der Waals surface area contributed by atoms with Gasteiger partial charge in [0.1, 0.15) is 0 Å². The predicted molar refractivity (Wildman–Crippen MR) is 42.0 cm³/mol. The van der Waals surface area contributed by atoms with Crippen molar-refractivity contribution >= 4 is 5.97 Å². The van der Waals surface area contributed by atoms with Crippen LogP contribution in [0, 0.1) is 0 Å². The molecule has 0 fully saturated rings. The standard InChI is InChI=1S/C8H14O3/c1-5-6(2)8(9)11-7(3)10-4/h5,7H,1-4H3. The Morgan fingerprint density at radius 1 is 1.55 bits per heavy atom. The Bertz CT molecular complexity index is 161. The van der Waals surface area contributed by atoms with Gasteiger partial charge >= 0.3 is 5.97 Å². The molecule has 64 valence electrons. The molecule has 0 aliphatic carbocycles. The van der Waals surface area contributed by atoms with E-state index in [0.717, 1.165) is 0 Å². The average molecular weight is 158 g/mol. The van der Waals surface area contributed by atoms with E-state index in [0.29, 0.717) is 5.57 Å². The molecule has 3 nitrogen and oxygen atoms in total. The summed E-state index contributed by atoms with van der Waals surface area (Å²) in [6.07, 6.45) is 1.22. The third-order valence-corrected chi connectivity index (χ3v) is 1.36. The molecular weight excluding hydrogens is 144 g/mol. The van der Waals surface area contributed by atoms with Gasteiger partial charge < -0.3 is 9.47 Å². The van der Waals surface area contributed by atoms with E-state index in [-0.39, 0.29) is 5.97 Å². The van der Waals surface area contributed by atoms with Crippen molar-refractivity contribution in [1.82, 2.24) is 0 Å². The van der Waals surface area contributed by atoms with E-state index in [1.165, 1.54) is 7.11 Å². The molecule has 0 radical (unpaired) electrons. The Morgan fingerprint density at radius 3 is 2.45 bits per heavy atom. The van der Waals surface area contributed by atoms with E-state index < -0.39 is 6.29 Å². The van der Waals surface area contributed by atoms with Crippen molar-refractivity contribution in [3.63, 3.8) is 0 Å². The summed E-state index contributed by atoms with van der Waals surface area (Å²) in [5.74, 6) is -0.332. The molecule has 0 aromatic rings. The van der Waals surface area contributed by atoms with Gasteiger partial charge in [-0.15, -0.1) is 0 Å². The summed E-state index contributed by atoms with van der Waals surface area (Å²) >= 11 is 0. The summed E-state index contributed by atoms with van der Waals surface area (Å²) in [7, 11) is 1.49. The minimum atomic E-state index is -0.475. The molecule has 0 N–H and O–H groups in total. The lowest BCUT2D eigenvalue weighted by Gasteiger charge is -2.10. The average Bonchev–Trinajstić information content (AvgIpc) is 2.02. The van der Waals surface area contributed by atoms with Crippen LogP contribution in [0.4, 0.5) is 0 Å². The maximum atomic E-state index is 11.0. The maximum absolute atomic E-state index is 11.0. The number of methoxy groups -OCH3 is 1. The molecule has 0 amide bonds. The van der Waals surface area contributed by atoms with Crippen molar-refractivity contribution in [2.45, 2.75) is 27.1 Å². The zero-order valence-corrected chi connectivity index (χ0v) is 7.38. The number of hydrogen-bond acceptors (Lipinski definition) is 3. The third-order valence-electron chi connectivity index (χ3n) is 1.36. The van der Waals surface area contributed by atoms with E-state index in [1.54, 1.807) is 26.8 Å². The van der Waals surface area contributed by atoms with Crippen LogP contribution < -0.4 is 0 Å².